The Morgan fingerprint density at radius 2 is 1.71 bits per heavy atom. The van der Waals surface area contributed by atoms with E-state index in [1.807, 2.05) is 72.8 Å². The SMILES string of the molecule is COc1ccc([C@@H]2[C@@H](C(=O)O)C(c3ccc4c(c3)OCO4)CN2CCOc2ccccc2)cc1. The molecule has 1 fully saturated rings. The van der Waals surface area contributed by atoms with Crippen molar-refractivity contribution in [3.05, 3.63) is 83.9 Å². The molecule has 0 saturated carbocycles. The Balaban J connectivity index is 1.44. The highest BCUT2D eigenvalue weighted by Crippen LogP contribution is 2.47. The molecule has 2 aliphatic rings. The fraction of sp³-hybridized carbons (Fsp3) is 0.296. The third-order valence-electron chi connectivity index (χ3n) is 6.56. The summed E-state index contributed by atoms with van der Waals surface area (Å²) in [5.41, 5.74) is 1.87. The quantitative estimate of drug-likeness (QED) is 0.535. The number of rotatable bonds is 8. The van der Waals surface area contributed by atoms with Crippen molar-refractivity contribution in [1.82, 2.24) is 4.90 Å². The summed E-state index contributed by atoms with van der Waals surface area (Å²) in [4.78, 5) is 14.8. The summed E-state index contributed by atoms with van der Waals surface area (Å²) >= 11 is 0. The average molecular weight is 462 g/mol. The minimum absolute atomic E-state index is 0.184. The summed E-state index contributed by atoms with van der Waals surface area (Å²) in [6, 6.07) is 22.7. The van der Waals surface area contributed by atoms with Crippen molar-refractivity contribution in [2.45, 2.75) is 12.0 Å². The van der Waals surface area contributed by atoms with Gasteiger partial charge in [0.1, 0.15) is 18.1 Å². The lowest BCUT2D eigenvalue weighted by molar-refractivity contribution is -0.143. The number of carboxylic acids is 1. The Morgan fingerprint density at radius 1 is 0.971 bits per heavy atom. The van der Waals surface area contributed by atoms with Gasteiger partial charge in [0.15, 0.2) is 11.5 Å². The van der Waals surface area contributed by atoms with Crippen LogP contribution in [0.25, 0.3) is 0 Å². The number of aliphatic carboxylic acids is 1. The maximum absolute atomic E-state index is 12.6. The molecule has 0 amide bonds. The molecular weight excluding hydrogens is 434 g/mol. The zero-order valence-corrected chi connectivity index (χ0v) is 18.9. The molecule has 1 saturated heterocycles. The third-order valence-corrected chi connectivity index (χ3v) is 6.56. The summed E-state index contributed by atoms with van der Waals surface area (Å²) in [6.07, 6.45) is 0. The highest BCUT2D eigenvalue weighted by Gasteiger charge is 2.47. The van der Waals surface area contributed by atoms with Gasteiger partial charge in [-0.1, -0.05) is 36.4 Å². The van der Waals surface area contributed by atoms with Crippen LogP contribution in [0.2, 0.25) is 0 Å². The number of methoxy groups -OCH3 is 1. The molecule has 1 N–H and O–H groups in total. The lowest BCUT2D eigenvalue weighted by Crippen LogP contribution is -2.31. The van der Waals surface area contributed by atoms with E-state index in [-0.39, 0.29) is 18.8 Å². The Kier molecular flexibility index (Phi) is 6.27. The molecule has 7 heteroatoms. The molecule has 2 aliphatic heterocycles. The molecular formula is C27H27NO6. The summed E-state index contributed by atoms with van der Waals surface area (Å²) in [5.74, 6) is 1.21. The molecule has 1 unspecified atom stereocenters. The van der Waals surface area contributed by atoms with Crippen LogP contribution in [0.5, 0.6) is 23.0 Å². The minimum Gasteiger partial charge on any atom is -0.497 e. The van der Waals surface area contributed by atoms with Crippen LogP contribution >= 0.6 is 0 Å². The molecule has 0 bridgehead atoms. The third kappa shape index (κ3) is 4.39. The maximum atomic E-state index is 12.6. The van der Waals surface area contributed by atoms with Crippen molar-refractivity contribution in [2.75, 3.05) is 33.6 Å². The van der Waals surface area contributed by atoms with Crippen LogP contribution in [-0.2, 0) is 4.79 Å². The molecule has 2 heterocycles. The first-order chi connectivity index (χ1) is 16.6. The lowest BCUT2D eigenvalue weighted by atomic mass is 9.82. The number of benzene rings is 3. The molecule has 0 aromatic heterocycles. The Labute approximate surface area is 198 Å². The number of carbonyl (C=O) groups is 1. The van der Waals surface area contributed by atoms with Crippen molar-refractivity contribution in [2.24, 2.45) is 5.92 Å². The largest absolute Gasteiger partial charge is 0.497 e. The molecule has 0 spiro atoms. The molecule has 7 nitrogen and oxygen atoms in total. The molecule has 5 rings (SSSR count). The highest BCUT2D eigenvalue weighted by molar-refractivity contribution is 5.74. The van der Waals surface area contributed by atoms with Crippen molar-refractivity contribution in [1.29, 1.82) is 0 Å². The first kappa shape index (κ1) is 22.1. The smallest absolute Gasteiger partial charge is 0.309 e. The molecule has 176 valence electrons. The van der Waals surface area contributed by atoms with E-state index in [1.54, 1.807) is 7.11 Å². The second-order valence-electron chi connectivity index (χ2n) is 8.46. The van der Waals surface area contributed by atoms with E-state index in [9.17, 15) is 9.90 Å². The predicted octanol–water partition coefficient (Wildman–Crippen LogP) is 4.34. The number of nitrogens with zero attached hydrogens (tertiary/aromatic N) is 1. The van der Waals surface area contributed by atoms with Crippen LogP contribution in [0.4, 0.5) is 0 Å². The van der Waals surface area contributed by atoms with E-state index in [0.717, 1.165) is 22.6 Å². The highest BCUT2D eigenvalue weighted by atomic mass is 16.7. The Hall–Kier alpha value is -3.71. The number of hydrogen-bond donors (Lipinski definition) is 1. The normalized spacial score (nSPS) is 21.4. The van der Waals surface area contributed by atoms with Gasteiger partial charge in [0, 0.05) is 25.0 Å². The summed E-state index contributed by atoms with van der Waals surface area (Å²) in [6.45, 7) is 1.82. The van der Waals surface area contributed by atoms with Gasteiger partial charge in [-0.15, -0.1) is 0 Å². The van der Waals surface area contributed by atoms with Crippen LogP contribution < -0.4 is 18.9 Å². The van der Waals surface area contributed by atoms with Crippen LogP contribution in [0, 0.1) is 5.92 Å². The second kappa shape index (κ2) is 9.65. The number of hydrogen-bond acceptors (Lipinski definition) is 6. The van der Waals surface area contributed by atoms with Gasteiger partial charge in [-0.25, -0.2) is 0 Å². The van der Waals surface area contributed by atoms with Crippen molar-refractivity contribution in [3.8, 4) is 23.0 Å². The van der Waals surface area contributed by atoms with Gasteiger partial charge in [0.2, 0.25) is 6.79 Å². The minimum atomic E-state index is -0.824. The van der Waals surface area contributed by atoms with Crippen LogP contribution in [0.3, 0.4) is 0 Å². The Bertz CT molecular complexity index is 1130. The van der Waals surface area contributed by atoms with Crippen LogP contribution in [0.15, 0.2) is 72.8 Å². The molecule has 0 radical (unpaired) electrons. The monoisotopic (exact) mass is 461 g/mol. The summed E-state index contributed by atoms with van der Waals surface area (Å²) < 4.78 is 22.2. The maximum Gasteiger partial charge on any atom is 0.309 e. The van der Waals surface area contributed by atoms with Gasteiger partial charge in [-0.05, 0) is 47.5 Å². The predicted molar refractivity (Wildman–Crippen MR) is 126 cm³/mol. The number of fused-ring (bicyclic) bond motifs is 1. The molecule has 3 aromatic rings. The van der Waals surface area contributed by atoms with E-state index >= 15 is 0 Å². The fourth-order valence-electron chi connectivity index (χ4n) is 4.94. The molecule has 34 heavy (non-hydrogen) atoms. The topological polar surface area (TPSA) is 77.5 Å². The van der Waals surface area contributed by atoms with Gasteiger partial charge < -0.3 is 24.1 Å². The van der Waals surface area contributed by atoms with E-state index in [2.05, 4.69) is 4.90 Å². The van der Waals surface area contributed by atoms with Crippen LogP contribution in [-0.4, -0.2) is 49.6 Å². The van der Waals surface area contributed by atoms with Gasteiger partial charge in [0.25, 0.3) is 0 Å². The fourth-order valence-corrected chi connectivity index (χ4v) is 4.94. The summed E-state index contributed by atoms with van der Waals surface area (Å²) in [7, 11) is 1.62. The zero-order chi connectivity index (χ0) is 23.5. The number of para-hydroxylation sites is 1. The zero-order valence-electron chi connectivity index (χ0n) is 18.9. The first-order valence-corrected chi connectivity index (χ1v) is 11.3. The second-order valence-corrected chi connectivity index (χ2v) is 8.46. The number of likely N-dealkylation sites (tertiary alicyclic amines) is 1. The van der Waals surface area contributed by atoms with E-state index in [1.165, 1.54) is 0 Å². The summed E-state index contributed by atoms with van der Waals surface area (Å²) in [5, 5.41) is 10.4. The van der Waals surface area contributed by atoms with Crippen molar-refractivity contribution in [3.63, 3.8) is 0 Å². The van der Waals surface area contributed by atoms with E-state index in [0.29, 0.717) is 31.2 Å². The lowest BCUT2D eigenvalue weighted by Gasteiger charge is -2.27. The van der Waals surface area contributed by atoms with Crippen molar-refractivity contribution < 1.29 is 28.8 Å². The number of ether oxygens (including phenoxy) is 4. The first-order valence-electron chi connectivity index (χ1n) is 11.3. The van der Waals surface area contributed by atoms with Crippen molar-refractivity contribution >= 4 is 5.97 Å². The van der Waals surface area contributed by atoms with Gasteiger partial charge in [-0.3, -0.25) is 9.69 Å². The standard InChI is InChI=1S/C27H27NO6/c1-31-20-10-7-18(8-11-20)26-25(27(29)30)22(19-9-12-23-24(15-19)34-17-33-23)16-28(26)13-14-32-21-5-3-2-4-6-21/h2-12,15,22,25-26H,13-14,16-17H2,1H3,(H,29,30)/t22?,25-,26+/m0/s1. The van der Waals surface area contributed by atoms with Gasteiger partial charge in [-0.2, -0.15) is 0 Å². The molecule has 3 aromatic carbocycles. The van der Waals surface area contributed by atoms with Gasteiger partial charge in [0.05, 0.1) is 13.0 Å². The molecule has 0 aliphatic carbocycles. The van der Waals surface area contributed by atoms with E-state index in [4.69, 9.17) is 18.9 Å². The van der Waals surface area contributed by atoms with Gasteiger partial charge >= 0.3 is 5.97 Å². The Morgan fingerprint density at radius 3 is 2.44 bits per heavy atom. The van der Waals surface area contributed by atoms with E-state index < -0.39 is 11.9 Å². The molecule has 3 atom stereocenters. The average Bonchev–Trinajstić information content (AvgIpc) is 3.49. The van der Waals surface area contributed by atoms with Crippen LogP contribution in [0.1, 0.15) is 23.1 Å². The number of carboxylic acid groups (broad SMARTS) is 1.